The van der Waals surface area contributed by atoms with Crippen molar-refractivity contribution in [1.29, 1.82) is 0 Å². The zero-order chi connectivity index (χ0) is 24.3. The van der Waals surface area contributed by atoms with Crippen molar-refractivity contribution in [3.63, 3.8) is 0 Å². The third kappa shape index (κ3) is 4.09. The summed E-state index contributed by atoms with van der Waals surface area (Å²) >= 11 is 0. The number of ether oxygens (including phenoxy) is 1. The van der Waals surface area contributed by atoms with E-state index in [4.69, 9.17) is 18.5 Å². The number of hydrogen-bond acceptors (Lipinski definition) is 4. The lowest BCUT2D eigenvalue weighted by Crippen LogP contribution is -2.46. The molecular weight excluding hydrogens is 427 g/mol. The Morgan fingerprint density at radius 3 is 2.09 bits per heavy atom. The second-order valence-corrected chi connectivity index (χ2v) is 16.9. The van der Waals surface area contributed by atoms with Gasteiger partial charge in [0, 0.05) is 11.0 Å². The van der Waals surface area contributed by atoms with E-state index < -0.39 is 26.6 Å². The van der Waals surface area contributed by atoms with Gasteiger partial charge in [-0.3, -0.25) is 0 Å². The van der Waals surface area contributed by atoms with E-state index in [0.29, 0.717) is 13.2 Å². The van der Waals surface area contributed by atoms with Gasteiger partial charge in [0.25, 0.3) is 0 Å². The Labute approximate surface area is 201 Å². The second kappa shape index (κ2) is 7.98. The van der Waals surface area contributed by atoms with Crippen LogP contribution in [0.4, 0.5) is 0 Å². The van der Waals surface area contributed by atoms with Gasteiger partial charge in [-0.1, -0.05) is 69.3 Å². The fraction of sp³-hybridized carbons (Fsp3) is 0.556. The highest BCUT2D eigenvalue weighted by atomic mass is 28.4. The summed E-state index contributed by atoms with van der Waals surface area (Å²) in [7, 11) is -2.42. The molecule has 2 aliphatic rings. The van der Waals surface area contributed by atoms with E-state index in [0.717, 1.165) is 16.8 Å². The molecule has 2 aromatic rings. The molecule has 178 valence electrons. The molecule has 0 spiro atoms. The fourth-order valence-electron chi connectivity index (χ4n) is 4.24. The molecule has 0 radical (unpaired) electrons. The average Bonchev–Trinajstić information content (AvgIpc) is 3.21. The first-order valence-corrected chi connectivity index (χ1v) is 14.9. The molecule has 0 saturated carbocycles. The molecule has 1 atom stereocenters. The smallest absolute Gasteiger partial charge is 0.492 e. The van der Waals surface area contributed by atoms with E-state index in [2.05, 4.69) is 110 Å². The first kappa shape index (κ1) is 24.5. The molecule has 4 nitrogen and oxygen atoms in total. The zero-order valence-electron chi connectivity index (χ0n) is 21.7. The van der Waals surface area contributed by atoms with E-state index in [1.54, 1.807) is 0 Å². The molecular formula is C27H39BO4Si. The van der Waals surface area contributed by atoms with Crippen LogP contribution in [0.1, 0.15) is 59.6 Å². The predicted molar refractivity (Wildman–Crippen MR) is 138 cm³/mol. The highest BCUT2D eigenvalue weighted by Gasteiger charge is 2.54. The van der Waals surface area contributed by atoms with Gasteiger partial charge < -0.3 is 18.5 Å². The maximum atomic E-state index is 6.82. The zero-order valence-corrected chi connectivity index (χ0v) is 22.7. The van der Waals surface area contributed by atoms with E-state index in [1.165, 1.54) is 5.56 Å². The minimum Gasteiger partial charge on any atom is -0.492 e. The number of fused-ring (bicyclic) bond motifs is 1. The van der Waals surface area contributed by atoms with Gasteiger partial charge in [0.15, 0.2) is 8.32 Å². The van der Waals surface area contributed by atoms with E-state index in [-0.39, 0.29) is 10.5 Å². The summed E-state index contributed by atoms with van der Waals surface area (Å²) in [6.07, 6.45) is 0. The van der Waals surface area contributed by atoms with Crippen LogP contribution in [0.2, 0.25) is 18.1 Å². The van der Waals surface area contributed by atoms with E-state index in [1.807, 2.05) is 0 Å². The van der Waals surface area contributed by atoms with Crippen LogP contribution in [-0.4, -0.2) is 39.9 Å². The minimum absolute atomic E-state index is 0.137. The molecule has 0 amide bonds. The van der Waals surface area contributed by atoms with Crippen LogP contribution in [0.5, 0.6) is 5.75 Å². The largest absolute Gasteiger partial charge is 0.498 e. The lowest BCUT2D eigenvalue weighted by atomic mass is 9.72. The van der Waals surface area contributed by atoms with Crippen LogP contribution in [0.3, 0.4) is 0 Å². The molecule has 2 heterocycles. The van der Waals surface area contributed by atoms with Gasteiger partial charge in [-0.25, -0.2) is 0 Å². The molecule has 0 bridgehead atoms. The van der Waals surface area contributed by atoms with Crippen molar-refractivity contribution in [3.8, 4) is 5.75 Å². The van der Waals surface area contributed by atoms with Gasteiger partial charge >= 0.3 is 7.12 Å². The van der Waals surface area contributed by atoms with Crippen molar-refractivity contribution in [3.05, 3.63) is 59.7 Å². The molecule has 0 unspecified atom stereocenters. The third-order valence-corrected chi connectivity index (χ3v) is 12.8. The van der Waals surface area contributed by atoms with Gasteiger partial charge in [-0.15, -0.1) is 0 Å². The van der Waals surface area contributed by atoms with E-state index in [9.17, 15) is 0 Å². The van der Waals surface area contributed by atoms with Crippen molar-refractivity contribution in [2.45, 2.75) is 83.2 Å². The van der Waals surface area contributed by atoms with Crippen LogP contribution in [0.15, 0.2) is 48.5 Å². The Morgan fingerprint density at radius 1 is 0.909 bits per heavy atom. The molecule has 1 fully saturated rings. The fourth-order valence-corrected chi connectivity index (χ4v) is 5.28. The molecule has 0 aromatic heterocycles. The lowest BCUT2D eigenvalue weighted by molar-refractivity contribution is 0.00578. The van der Waals surface area contributed by atoms with Crippen molar-refractivity contribution >= 4 is 20.9 Å². The molecule has 0 aliphatic carbocycles. The maximum Gasteiger partial charge on any atom is 0.498 e. The summed E-state index contributed by atoms with van der Waals surface area (Å²) in [5.74, 6) is 0.874. The number of rotatable bonds is 5. The Bertz CT molecular complexity index is 997. The molecule has 4 rings (SSSR count). The summed E-state index contributed by atoms with van der Waals surface area (Å²) < 4.78 is 26.1. The van der Waals surface area contributed by atoms with Gasteiger partial charge in [0.2, 0.25) is 0 Å². The van der Waals surface area contributed by atoms with Crippen LogP contribution in [-0.2, 0) is 19.1 Å². The third-order valence-electron chi connectivity index (χ3n) is 8.34. The highest BCUT2D eigenvalue weighted by Crippen LogP contribution is 2.46. The monoisotopic (exact) mass is 466 g/mol. The molecule has 2 aliphatic heterocycles. The normalized spacial score (nSPS) is 24.0. The molecule has 6 heteroatoms. The number of benzene rings is 2. The van der Waals surface area contributed by atoms with Gasteiger partial charge in [0.1, 0.15) is 12.4 Å². The van der Waals surface area contributed by atoms with Crippen molar-refractivity contribution in [1.82, 2.24) is 0 Å². The summed E-state index contributed by atoms with van der Waals surface area (Å²) in [5.41, 5.74) is 2.15. The van der Waals surface area contributed by atoms with Crippen LogP contribution in [0, 0.1) is 0 Å². The molecule has 33 heavy (non-hydrogen) atoms. The van der Waals surface area contributed by atoms with E-state index >= 15 is 0 Å². The van der Waals surface area contributed by atoms with Crippen molar-refractivity contribution in [2.24, 2.45) is 0 Å². The maximum absolute atomic E-state index is 6.82. The molecule has 1 saturated heterocycles. The Kier molecular flexibility index (Phi) is 5.93. The summed E-state index contributed by atoms with van der Waals surface area (Å²) in [6.45, 7) is 20.9. The van der Waals surface area contributed by atoms with Crippen molar-refractivity contribution < 1.29 is 18.5 Å². The standard InChI is InChI=1S/C27H39BO4Si/c1-24(2,3)33(8,9)30-19-27(20-14-11-10-12-15-20)18-29-23-21(27)16-13-17-22(23)28-31-25(4,5)26(6,7)32-28/h10-17H,18-19H2,1-9H3/t27-/m0/s1. The average molecular weight is 467 g/mol. The Morgan fingerprint density at radius 2 is 1.52 bits per heavy atom. The van der Waals surface area contributed by atoms with Crippen molar-refractivity contribution in [2.75, 3.05) is 13.2 Å². The number of para-hydroxylation sites is 1. The highest BCUT2D eigenvalue weighted by molar-refractivity contribution is 6.74. The first-order chi connectivity index (χ1) is 15.2. The quantitative estimate of drug-likeness (QED) is 0.531. The molecule has 2 aromatic carbocycles. The summed E-state index contributed by atoms with van der Waals surface area (Å²) in [4.78, 5) is 0. The van der Waals surface area contributed by atoms with Crippen LogP contribution in [0.25, 0.3) is 0 Å². The second-order valence-electron chi connectivity index (χ2n) is 12.1. The number of hydrogen-bond donors (Lipinski definition) is 0. The first-order valence-electron chi connectivity index (χ1n) is 12.0. The van der Waals surface area contributed by atoms with Gasteiger partial charge in [-0.2, -0.15) is 0 Å². The molecule has 0 N–H and O–H groups in total. The Hall–Kier alpha value is -1.60. The topological polar surface area (TPSA) is 36.9 Å². The summed E-state index contributed by atoms with van der Waals surface area (Å²) in [5, 5.41) is 0.137. The van der Waals surface area contributed by atoms with Gasteiger partial charge in [-0.05, 0) is 51.4 Å². The lowest BCUT2D eigenvalue weighted by Gasteiger charge is -2.40. The SMILES string of the molecule is CC1(C)OB(c2cccc3c2OC[C@]3(CO[Si](C)(C)C(C)(C)C)c2ccccc2)OC1(C)C. The predicted octanol–water partition coefficient (Wildman–Crippen LogP) is 5.69. The van der Waals surface area contributed by atoms with Crippen LogP contribution >= 0.6 is 0 Å². The van der Waals surface area contributed by atoms with Gasteiger partial charge in [0.05, 0.1) is 23.2 Å². The Balaban J connectivity index is 1.77. The minimum atomic E-state index is -1.96. The van der Waals surface area contributed by atoms with Crippen LogP contribution < -0.4 is 10.2 Å². The summed E-state index contributed by atoms with van der Waals surface area (Å²) in [6, 6.07) is 17.0.